The van der Waals surface area contributed by atoms with E-state index in [1.165, 1.54) is 4.57 Å². The minimum atomic E-state index is -0.547. The highest BCUT2D eigenvalue weighted by Gasteiger charge is 2.15. The van der Waals surface area contributed by atoms with Crippen LogP contribution in [0.3, 0.4) is 0 Å². The van der Waals surface area contributed by atoms with Crippen molar-refractivity contribution in [1.29, 1.82) is 0 Å². The summed E-state index contributed by atoms with van der Waals surface area (Å²) >= 11 is 0. The normalized spacial score (nSPS) is 11.5. The molecular weight excluding hydrogens is 304 g/mol. The molecule has 2 aromatic heterocycles. The minimum Gasteiger partial charge on any atom is -0.437 e. The molecule has 0 saturated carbocycles. The van der Waals surface area contributed by atoms with E-state index in [1.54, 1.807) is 0 Å². The largest absolute Gasteiger partial charge is 0.437 e. The summed E-state index contributed by atoms with van der Waals surface area (Å²) in [6.07, 6.45) is 1.66. The monoisotopic (exact) mass is 320 g/mol. The Hall–Kier alpha value is -2.95. The SMILES string of the molecule is CCCCn1c(=O)nc2oc3cc4ccccc4ccc3c2c1=O. The topological polar surface area (TPSA) is 65.1 Å². The summed E-state index contributed by atoms with van der Waals surface area (Å²) in [5.74, 6) is 0. The van der Waals surface area contributed by atoms with Gasteiger partial charge in [0.2, 0.25) is 5.71 Å². The first-order valence-corrected chi connectivity index (χ1v) is 8.05. The Morgan fingerprint density at radius 3 is 2.67 bits per heavy atom. The van der Waals surface area contributed by atoms with Gasteiger partial charge in [-0.05, 0) is 29.3 Å². The maximum Gasteiger partial charge on any atom is 0.353 e. The highest BCUT2D eigenvalue weighted by molar-refractivity contribution is 6.05. The molecule has 120 valence electrons. The number of rotatable bonds is 3. The Bertz CT molecular complexity index is 1190. The molecular formula is C19H16N2O3. The zero-order chi connectivity index (χ0) is 16.7. The summed E-state index contributed by atoms with van der Waals surface area (Å²) < 4.78 is 6.92. The Labute approximate surface area is 137 Å². The summed E-state index contributed by atoms with van der Waals surface area (Å²) in [6.45, 7) is 2.39. The van der Waals surface area contributed by atoms with Crippen LogP contribution in [-0.4, -0.2) is 9.55 Å². The van der Waals surface area contributed by atoms with Gasteiger partial charge in [0.25, 0.3) is 5.56 Å². The highest BCUT2D eigenvalue weighted by atomic mass is 16.3. The molecule has 0 radical (unpaired) electrons. The lowest BCUT2D eigenvalue weighted by Crippen LogP contribution is -2.34. The molecule has 0 saturated heterocycles. The van der Waals surface area contributed by atoms with Gasteiger partial charge in [0.05, 0.1) is 0 Å². The summed E-state index contributed by atoms with van der Waals surface area (Å²) in [5.41, 5.74) is -0.201. The molecule has 0 spiro atoms. The van der Waals surface area contributed by atoms with Gasteiger partial charge in [-0.2, -0.15) is 4.98 Å². The van der Waals surface area contributed by atoms with E-state index in [-0.39, 0.29) is 11.3 Å². The number of unbranched alkanes of at least 4 members (excludes halogenated alkanes) is 1. The van der Waals surface area contributed by atoms with E-state index in [1.807, 2.05) is 49.4 Å². The molecule has 4 rings (SSSR count). The van der Waals surface area contributed by atoms with Gasteiger partial charge in [0.15, 0.2) is 0 Å². The van der Waals surface area contributed by atoms with Crippen LogP contribution < -0.4 is 11.2 Å². The molecule has 5 nitrogen and oxygen atoms in total. The first kappa shape index (κ1) is 14.6. The van der Waals surface area contributed by atoms with Crippen molar-refractivity contribution in [2.24, 2.45) is 0 Å². The summed E-state index contributed by atoms with van der Waals surface area (Å²) in [6, 6.07) is 13.6. The average molecular weight is 320 g/mol. The van der Waals surface area contributed by atoms with Crippen molar-refractivity contribution in [2.75, 3.05) is 0 Å². The molecule has 0 aliphatic heterocycles. The van der Waals surface area contributed by atoms with E-state index >= 15 is 0 Å². The van der Waals surface area contributed by atoms with Crippen molar-refractivity contribution in [2.45, 2.75) is 26.3 Å². The molecule has 5 heteroatoms. The number of fused-ring (bicyclic) bond motifs is 4. The van der Waals surface area contributed by atoms with E-state index < -0.39 is 5.69 Å². The summed E-state index contributed by atoms with van der Waals surface area (Å²) in [5, 5.41) is 3.11. The number of hydrogen-bond donors (Lipinski definition) is 0. The summed E-state index contributed by atoms with van der Waals surface area (Å²) in [7, 11) is 0. The van der Waals surface area contributed by atoms with Crippen LogP contribution in [0.2, 0.25) is 0 Å². The predicted octanol–water partition coefficient (Wildman–Crippen LogP) is 3.46. The van der Waals surface area contributed by atoms with E-state index in [9.17, 15) is 9.59 Å². The zero-order valence-corrected chi connectivity index (χ0v) is 13.3. The Kier molecular flexibility index (Phi) is 3.41. The molecule has 0 bridgehead atoms. The van der Waals surface area contributed by atoms with E-state index in [0.29, 0.717) is 22.9 Å². The lowest BCUT2D eigenvalue weighted by molar-refractivity contribution is 0.578. The molecule has 2 heterocycles. The zero-order valence-electron chi connectivity index (χ0n) is 13.3. The Balaban J connectivity index is 2.11. The maximum absolute atomic E-state index is 12.8. The molecule has 2 aromatic carbocycles. The van der Waals surface area contributed by atoms with Crippen molar-refractivity contribution in [3.8, 4) is 0 Å². The number of nitrogens with zero attached hydrogens (tertiary/aromatic N) is 2. The second kappa shape index (κ2) is 5.60. The molecule has 0 aliphatic rings. The van der Waals surface area contributed by atoms with Crippen LogP contribution in [0.5, 0.6) is 0 Å². The van der Waals surface area contributed by atoms with Crippen molar-refractivity contribution in [3.05, 3.63) is 63.3 Å². The van der Waals surface area contributed by atoms with Gasteiger partial charge in [0, 0.05) is 11.9 Å². The summed E-state index contributed by atoms with van der Waals surface area (Å²) in [4.78, 5) is 28.9. The van der Waals surface area contributed by atoms with Gasteiger partial charge in [-0.25, -0.2) is 4.79 Å². The second-order valence-corrected chi connectivity index (χ2v) is 5.87. The van der Waals surface area contributed by atoms with Crippen LogP contribution in [0.1, 0.15) is 19.8 Å². The van der Waals surface area contributed by atoms with Crippen LogP contribution in [0, 0.1) is 0 Å². The molecule has 0 fully saturated rings. The number of hydrogen-bond acceptors (Lipinski definition) is 4. The van der Waals surface area contributed by atoms with E-state index in [4.69, 9.17) is 4.42 Å². The first-order chi connectivity index (χ1) is 11.7. The lowest BCUT2D eigenvalue weighted by atomic mass is 10.2. The van der Waals surface area contributed by atoms with Crippen LogP contribution in [0.25, 0.3) is 32.8 Å². The standard InChI is InChI=1S/C19H16N2O3/c1-2-3-10-21-18(22)16-14-9-8-12-6-4-5-7-13(12)11-15(14)24-17(16)20-19(21)23/h4-9,11H,2-3,10H2,1H3. The van der Waals surface area contributed by atoms with Crippen molar-refractivity contribution in [1.82, 2.24) is 9.55 Å². The Morgan fingerprint density at radius 2 is 1.88 bits per heavy atom. The van der Waals surface area contributed by atoms with E-state index in [0.717, 1.165) is 23.6 Å². The average Bonchev–Trinajstić information content (AvgIpc) is 2.80. The Morgan fingerprint density at radius 1 is 1.08 bits per heavy atom. The molecule has 4 aromatic rings. The molecule has 0 unspecified atom stereocenters. The third kappa shape index (κ3) is 2.21. The van der Waals surface area contributed by atoms with Gasteiger partial charge >= 0.3 is 5.69 Å². The molecule has 24 heavy (non-hydrogen) atoms. The molecule has 0 N–H and O–H groups in total. The van der Waals surface area contributed by atoms with Crippen molar-refractivity contribution >= 4 is 32.8 Å². The van der Waals surface area contributed by atoms with Crippen LogP contribution in [-0.2, 0) is 6.54 Å². The van der Waals surface area contributed by atoms with Crippen LogP contribution >= 0.6 is 0 Å². The molecule has 0 atom stereocenters. The van der Waals surface area contributed by atoms with Crippen LogP contribution in [0.4, 0.5) is 0 Å². The fourth-order valence-corrected chi connectivity index (χ4v) is 3.00. The van der Waals surface area contributed by atoms with Gasteiger partial charge in [0.1, 0.15) is 11.0 Å². The number of benzene rings is 1. The van der Waals surface area contributed by atoms with Gasteiger partial charge < -0.3 is 4.42 Å². The van der Waals surface area contributed by atoms with Gasteiger partial charge in [-0.3, -0.25) is 9.36 Å². The minimum absolute atomic E-state index is 0.114. The third-order valence-electron chi connectivity index (χ3n) is 4.29. The third-order valence-corrected chi connectivity index (χ3v) is 4.29. The van der Waals surface area contributed by atoms with Crippen molar-refractivity contribution < 1.29 is 4.42 Å². The lowest BCUT2D eigenvalue weighted by Gasteiger charge is -2.01. The van der Waals surface area contributed by atoms with Crippen molar-refractivity contribution in [3.63, 3.8) is 0 Å². The number of furan rings is 1. The first-order valence-electron chi connectivity index (χ1n) is 8.05. The fourth-order valence-electron chi connectivity index (χ4n) is 3.00. The second-order valence-electron chi connectivity index (χ2n) is 5.87. The van der Waals surface area contributed by atoms with Gasteiger partial charge in [-0.1, -0.05) is 43.7 Å². The maximum atomic E-state index is 12.8. The predicted molar refractivity (Wildman–Crippen MR) is 94.5 cm³/mol. The quantitative estimate of drug-likeness (QED) is 0.580. The molecule has 0 amide bonds. The molecule has 0 aliphatic carbocycles. The van der Waals surface area contributed by atoms with Crippen LogP contribution in [0.15, 0.2) is 56.5 Å². The fraction of sp³-hybridized carbons (Fsp3) is 0.211. The smallest absolute Gasteiger partial charge is 0.353 e. The van der Waals surface area contributed by atoms with E-state index in [2.05, 4.69) is 4.98 Å². The number of aromatic nitrogens is 2. The highest BCUT2D eigenvalue weighted by Crippen LogP contribution is 2.26. The van der Waals surface area contributed by atoms with Gasteiger partial charge in [-0.15, -0.1) is 0 Å².